The zero-order valence-corrected chi connectivity index (χ0v) is 37.8. The maximum absolute atomic E-state index is 14.5. The molecule has 1 unspecified atom stereocenters. The Morgan fingerprint density at radius 2 is 1.48 bits per heavy atom. The molecule has 3 aliphatic heterocycles. The Labute approximate surface area is 380 Å². The van der Waals surface area contributed by atoms with Crippen LogP contribution in [-0.4, -0.2) is 143 Å². The van der Waals surface area contributed by atoms with Gasteiger partial charge in [-0.1, -0.05) is 36.4 Å². The van der Waals surface area contributed by atoms with Crippen molar-refractivity contribution in [3.05, 3.63) is 101 Å². The van der Waals surface area contributed by atoms with Crippen LogP contribution in [0.15, 0.2) is 78.8 Å². The summed E-state index contributed by atoms with van der Waals surface area (Å²) in [7, 11) is 2.16. The second-order valence-electron chi connectivity index (χ2n) is 17.4. The quantitative estimate of drug-likeness (QED) is 0.104. The topological polar surface area (TPSA) is 176 Å². The third-order valence-corrected chi connectivity index (χ3v) is 12.9. The van der Waals surface area contributed by atoms with Crippen molar-refractivity contribution < 1.29 is 28.7 Å². The molecule has 5 amide bonds. The maximum atomic E-state index is 14.5. The number of likely N-dealkylation sites (tertiary alicyclic amines) is 2. The highest BCUT2D eigenvalue weighted by atomic mass is 16.6. The Balaban J connectivity index is 1.04. The standard InChI is InChI=1S/C48H64N10O7/c1-5-7-17-49-47(62)64-32-57-31-38-28-35(27-34(3)43(38)52-57)29-41(45(60)55-25-23-54(24-26-55)39-15-19-53(4)20-16-39)51-46(61)56-21-13-36(14-22-56)40-30-37-11-9-10-12-42(37)58(44(40)59)33-65-48(63)50-18-8-6-2/h5-6,9-12,27-28,30-31,36,39,41H,1-2,7-8,13-26,29,32-33H2,3-4H3,(H,49,62)(H,50,63)(H,51,61). The van der Waals surface area contributed by atoms with Crippen molar-refractivity contribution in [1.82, 2.24) is 49.9 Å². The zero-order chi connectivity index (χ0) is 45.9. The van der Waals surface area contributed by atoms with Gasteiger partial charge in [-0.25, -0.2) is 19.1 Å². The number of amides is 5. The molecule has 2 aromatic carbocycles. The predicted octanol–water partition coefficient (Wildman–Crippen LogP) is 4.92. The van der Waals surface area contributed by atoms with Crippen molar-refractivity contribution in [3.63, 3.8) is 0 Å². The van der Waals surface area contributed by atoms with Crippen molar-refractivity contribution in [2.24, 2.45) is 0 Å². The Kier molecular flexibility index (Phi) is 15.9. The molecule has 348 valence electrons. The van der Waals surface area contributed by atoms with Crippen molar-refractivity contribution in [2.45, 2.75) is 83.3 Å². The number of carbonyl (C=O) groups is 4. The molecule has 65 heavy (non-hydrogen) atoms. The van der Waals surface area contributed by atoms with Crippen LogP contribution in [0, 0.1) is 6.92 Å². The molecule has 3 N–H and O–H groups in total. The zero-order valence-electron chi connectivity index (χ0n) is 37.8. The first-order chi connectivity index (χ1) is 31.5. The minimum Gasteiger partial charge on any atom is -0.428 e. The number of rotatable bonds is 16. The summed E-state index contributed by atoms with van der Waals surface area (Å²) in [5, 5.41) is 14.8. The number of fused-ring (bicyclic) bond motifs is 2. The van der Waals surface area contributed by atoms with Gasteiger partial charge in [0.15, 0.2) is 13.5 Å². The molecular formula is C48H64N10O7. The average molecular weight is 893 g/mol. The fourth-order valence-electron chi connectivity index (χ4n) is 9.25. The molecule has 7 rings (SSSR count). The fourth-order valence-corrected chi connectivity index (χ4v) is 9.25. The highest BCUT2D eigenvalue weighted by Gasteiger charge is 2.34. The van der Waals surface area contributed by atoms with Gasteiger partial charge in [0.05, 0.1) is 11.0 Å². The van der Waals surface area contributed by atoms with Gasteiger partial charge in [-0.2, -0.15) is 5.10 Å². The summed E-state index contributed by atoms with van der Waals surface area (Å²) in [6.07, 6.45) is 8.89. The van der Waals surface area contributed by atoms with Crippen LogP contribution in [0.4, 0.5) is 14.4 Å². The van der Waals surface area contributed by atoms with Crippen LogP contribution >= 0.6 is 0 Å². The van der Waals surface area contributed by atoms with Crippen molar-refractivity contribution in [2.75, 3.05) is 72.5 Å². The van der Waals surface area contributed by atoms with E-state index in [-0.39, 0.29) is 43.3 Å². The lowest BCUT2D eigenvalue weighted by Gasteiger charge is -2.43. The lowest BCUT2D eigenvalue weighted by atomic mass is 9.89. The summed E-state index contributed by atoms with van der Waals surface area (Å²) in [5.41, 5.74) is 3.55. The number of nitrogens with zero attached hydrogens (tertiary/aromatic N) is 7. The third kappa shape index (κ3) is 11.9. The number of nitrogens with one attached hydrogen (secondary N) is 3. The second kappa shape index (κ2) is 22.1. The van der Waals surface area contributed by atoms with E-state index >= 15 is 0 Å². The van der Waals surface area contributed by atoms with E-state index in [1.54, 1.807) is 21.7 Å². The van der Waals surface area contributed by atoms with Crippen LogP contribution in [0.5, 0.6) is 0 Å². The first-order valence-corrected chi connectivity index (χ1v) is 22.9. The minimum absolute atomic E-state index is 0.0678. The van der Waals surface area contributed by atoms with E-state index in [1.165, 1.54) is 4.57 Å². The van der Waals surface area contributed by atoms with E-state index in [9.17, 15) is 24.0 Å². The largest absolute Gasteiger partial charge is 0.428 e. The van der Waals surface area contributed by atoms with E-state index < -0.39 is 18.2 Å². The highest BCUT2D eigenvalue weighted by Crippen LogP contribution is 2.29. The Hall–Kier alpha value is -6.20. The van der Waals surface area contributed by atoms with Crippen LogP contribution < -0.4 is 21.5 Å². The molecule has 1 atom stereocenters. The number of hydrogen-bond acceptors (Lipinski definition) is 10. The number of piperidine rings is 2. The third-order valence-electron chi connectivity index (χ3n) is 12.9. The van der Waals surface area contributed by atoms with Crippen LogP contribution in [0.3, 0.4) is 0 Å². The lowest BCUT2D eigenvalue weighted by molar-refractivity contribution is -0.135. The van der Waals surface area contributed by atoms with Gasteiger partial charge >= 0.3 is 18.2 Å². The molecule has 0 saturated carbocycles. The van der Waals surface area contributed by atoms with Gasteiger partial charge in [-0.3, -0.25) is 19.1 Å². The molecular weight excluding hydrogens is 829 g/mol. The Morgan fingerprint density at radius 1 is 0.815 bits per heavy atom. The molecule has 0 bridgehead atoms. The number of alkyl carbamates (subject to hydrolysis) is 2. The maximum Gasteiger partial charge on any atom is 0.408 e. The van der Waals surface area contributed by atoms with Crippen LogP contribution in [0.2, 0.25) is 0 Å². The van der Waals surface area contributed by atoms with E-state index in [0.29, 0.717) is 82.1 Å². The first kappa shape index (κ1) is 46.8. The smallest absolute Gasteiger partial charge is 0.408 e. The summed E-state index contributed by atoms with van der Waals surface area (Å²) in [6.45, 7) is 15.5. The predicted molar refractivity (Wildman–Crippen MR) is 250 cm³/mol. The monoisotopic (exact) mass is 892 g/mol. The summed E-state index contributed by atoms with van der Waals surface area (Å²) < 4.78 is 13.9. The number of hydrogen-bond donors (Lipinski definition) is 3. The number of pyridine rings is 1. The minimum atomic E-state index is -0.828. The molecule has 0 aliphatic carbocycles. The molecule has 2 aromatic heterocycles. The van der Waals surface area contributed by atoms with Gasteiger partial charge in [0.2, 0.25) is 5.91 Å². The Morgan fingerprint density at radius 3 is 2.15 bits per heavy atom. The molecule has 5 heterocycles. The van der Waals surface area contributed by atoms with Gasteiger partial charge in [0.25, 0.3) is 5.56 Å². The average Bonchev–Trinajstić information content (AvgIpc) is 3.74. The summed E-state index contributed by atoms with van der Waals surface area (Å²) >= 11 is 0. The number of ether oxygens (including phenoxy) is 2. The number of piperazine rings is 1. The van der Waals surface area contributed by atoms with Gasteiger partial charge < -0.3 is 40.1 Å². The molecule has 3 aliphatic rings. The fraction of sp³-hybridized carbons (Fsp3) is 0.500. The summed E-state index contributed by atoms with van der Waals surface area (Å²) in [4.78, 5) is 75.8. The van der Waals surface area contributed by atoms with E-state index in [1.807, 2.05) is 60.5 Å². The molecule has 0 spiro atoms. The molecule has 3 fully saturated rings. The Bertz CT molecular complexity index is 2390. The second-order valence-corrected chi connectivity index (χ2v) is 17.4. The molecule has 17 nitrogen and oxygen atoms in total. The molecule has 4 aromatic rings. The van der Waals surface area contributed by atoms with Crippen LogP contribution in [0.1, 0.15) is 61.1 Å². The van der Waals surface area contributed by atoms with Crippen molar-refractivity contribution in [1.29, 1.82) is 0 Å². The number of carbonyl (C=O) groups excluding carboxylic acids is 4. The van der Waals surface area contributed by atoms with E-state index in [0.717, 1.165) is 66.4 Å². The normalized spacial score (nSPS) is 17.1. The number of para-hydroxylation sites is 1. The summed E-state index contributed by atoms with van der Waals surface area (Å²) in [5.74, 6) is -0.247. The SMILES string of the molecule is C=CCCNC(=O)OCn1cc2cc(CC(NC(=O)N3CCC(c4cc5ccccc5n(COC(=O)NCCC=C)c4=O)CC3)C(=O)N3CCN(C4CCN(C)CC4)CC3)cc(C)c2n1. The van der Waals surface area contributed by atoms with Crippen molar-refractivity contribution in [3.8, 4) is 0 Å². The van der Waals surface area contributed by atoms with Gasteiger partial charge in [0, 0.05) is 82.0 Å². The van der Waals surface area contributed by atoms with Crippen molar-refractivity contribution >= 4 is 45.9 Å². The molecule has 3 saturated heterocycles. The first-order valence-electron chi connectivity index (χ1n) is 22.9. The number of aromatic nitrogens is 3. The number of aryl methyl sites for hydroxylation is 1. The highest BCUT2D eigenvalue weighted by molar-refractivity contribution is 5.88. The lowest BCUT2D eigenvalue weighted by Crippen LogP contribution is -2.59. The van der Waals surface area contributed by atoms with Crippen LogP contribution in [0.25, 0.3) is 21.8 Å². The van der Waals surface area contributed by atoms with Gasteiger partial charge in [-0.05, 0) is 106 Å². The van der Waals surface area contributed by atoms with Crippen LogP contribution in [-0.2, 0) is 34.2 Å². The summed E-state index contributed by atoms with van der Waals surface area (Å²) in [6, 6.07) is 12.8. The molecule has 0 radical (unpaired) electrons. The van der Waals surface area contributed by atoms with E-state index in [2.05, 4.69) is 51.1 Å². The number of benzene rings is 2. The van der Waals surface area contributed by atoms with Gasteiger partial charge in [-0.15, -0.1) is 13.2 Å². The number of urea groups is 1. The molecule has 17 heteroatoms. The van der Waals surface area contributed by atoms with E-state index in [4.69, 9.17) is 9.47 Å². The van der Waals surface area contributed by atoms with Gasteiger partial charge in [0.1, 0.15) is 6.04 Å².